The number of ether oxygens (including phenoxy) is 3. The average molecular weight is 421 g/mol. The molecule has 2 aromatic rings. The van der Waals surface area contributed by atoms with Gasteiger partial charge in [0.25, 0.3) is 5.91 Å². The summed E-state index contributed by atoms with van der Waals surface area (Å²) in [4.78, 5) is 24.8. The molecule has 6 heteroatoms. The number of esters is 1. The maximum absolute atomic E-state index is 12.6. The highest BCUT2D eigenvalue weighted by Gasteiger charge is 2.25. The zero-order chi connectivity index (χ0) is 21.6. The highest BCUT2D eigenvalue weighted by molar-refractivity contribution is 5.90. The Bertz CT molecular complexity index is 984. The first kappa shape index (κ1) is 21.0. The zero-order valence-corrected chi connectivity index (χ0v) is 17.6. The highest BCUT2D eigenvalue weighted by Crippen LogP contribution is 2.31. The van der Waals surface area contributed by atoms with Crippen LogP contribution in [0, 0.1) is 0 Å². The lowest BCUT2D eigenvalue weighted by atomic mass is 9.87. The number of carbonyl (C=O) groups excluding carboxylic acids is 2. The van der Waals surface area contributed by atoms with Gasteiger partial charge >= 0.3 is 5.97 Å². The highest BCUT2D eigenvalue weighted by atomic mass is 16.5. The molecule has 1 aliphatic carbocycles. The molecule has 31 heavy (non-hydrogen) atoms. The predicted molar refractivity (Wildman–Crippen MR) is 117 cm³/mol. The maximum atomic E-state index is 12.6. The molecule has 0 spiro atoms. The van der Waals surface area contributed by atoms with Gasteiger partial charge in [0.15, 0.2) is 17.6 Å². The summed E-state index contributed by atoms with van der Waals surface area (Å²) in [5, 5.41) is 3.02. The molecule has 1 aliphatic heterocycles. The van der Waals surface area contributed by atoms with Crippen molar-refractivity contribution in [3.05, 3.63) is 65.2 Å². The van der Waals surface area contributed by atoms with Crippen molar-refractivity contribution < 1.29 is 23.8 Å². The van der Waals surface area contributed by atoms with Crippen LogP contribution in [0.2, 0.25) is 0 Å². The van der Waals surface area contributed by atoms with Crippen LogP contribution in [0.15, 0.2) is 48.5 Å². The lowest BCUT2D eigenvalue weighted by Gasteiger charge is -2.27. The van der Waals surface area contributed by atoms with E-state index in [9.17, 15) is 9.59 Å². The molecule has 0 saturated heterocycles. The van der Waals surface area contributed by atoms with Crippen LogP contribution in [0.1, 0.15) is 48.9 Å². The minimum Gasteiger partial charge on any atom is -0.490 e. The van der Waals surface area contributed by atoms with Gasteiger partial charge in [-0.1, -0.05) is 30.3 Å². The van der Waals surface area contributed by atoms with Crippen LogP contribution < -0.4 is 14.8 Å². The van der Waals surface area contributed by atoms with Crippen molar-refractivity contribution in [2.45, 2.75) is 44.8 Å². The molecular weight excluding hydrogens is 394 g/mol. The number of carbonyl (C=O) groups is 2. The van der Waals surface area contributed by atoms with Crippen LogP contribution in [-0.2, 0) is 20.7 Å². The Balaban J connectivity index is 1.32. The third-order valence-corrected chi connectivity index (χ3v) is 5.53. The van der Waals surface area contributed by atoms with Crippen molar-refractivity contribution in [1.82, 2.24) is 5.32 Å². The van der Waals surface area contributed by atoms with Gasteiger partial charge in [0, 0.05) is 12.5 Å². The monoisotopic (exact) mass is 421 g/mol. The molecule has 2 aliphatic rings. The van der Waals surface area contributed by atoms with E-state index in [-0.39, 0.29) is 11.9 Å². The molecular formula is C25H27NO5. The standard InChI is InChI=1S/C25H27NO5/c1-17(25(28)26-21-9-4-7-19-6-2-3-8-20(19)21)31-24(27)13-11-18-10-12-22-23(16-18)30-15-5-14-29-22/h2-3,6,8,10-13,16-17,21H,4-5,7,9,14-15H2,1H3,(H,26,28)/b13-11+/t17-,21-/m0/s1. The third kappa shape index (κ3) is 5.26. The largest absolute Gasteiger partial charge is 0.490 e. The number of hydrogen-bond acceptors (Lipinski definition) is 5. The van der Waals surface area contributed by atoms with Gasteiger partial charge in [-0.05, 0) is 61.1 Å². The molecule has 4 rings (SSSR count). The zero-order valence-electron chi connectivity index (χ0n) is 17.6. The number of nitrogens with one attached hydrogen (secondary N) is 1. The molecule has 1 heterocycles. The number of amides is 1. The molecule has 1 N–H and O–H groups in total. The van der Waals surface area contributed by atoms with Crippen LogP contribution >= 0.6 is 0 Å². The fourth-order valence-corrected chi connectivity index (χ4v) is 3.91. The summed E-state index contributed by atoms with van der Waals surface area (Å²) in [5.74, 6) is 0.498. The molecule has 0 fully saturated rings. The van der Waals surface area contributed by atoms with Crippen molar-refractivity contribution in [1.29, 1.82) is 0 Å². The topological polar surface area (TPSA) is 73.9 Å². The van der Waals surface area contributed by atoms with E-state index in [0.717, 1.165) is 36.8 Å². The van der Waals surface area contributed by atoms with Gasteiger partial charge in [0.1, 0.15) is 0 Å². The van der Waals surface area contributed by atoms with Crippen LogP contribution in [0.3, 0.4) is 0 Å². The first-order valence-electron chi connectivity index (χ1n) is 10.8. The molecule has 2 aromatic carbocycles. The van der Waals surface area contributed by atoms with Crippen LogP contribution in [0.25, 0.3) is 6.08 Å². The van der Waals surface area contributed by atoms with E-state index >= 15 is 0 Å². The smallest absolute Gasteiger partial charge is 0.331 e. The van der Waals surface area contributed by atoms with Crippen molar-refractivity contribution in [2.24, 2.45) is 0 Å². The Kier molecular flexibility index (Phi) is 6.55. The molecule has 6 nitrogen and oxygen atoms in total. The van der Waals surface area contributed by atoms with Crippen molar-refractivity contribution in [3.8, 4) is 11.5 Å². The fraction of sp³-hybridized carbons (Fsp3) is 0.360. The Morgan fingerprint density at radius 3 is 2.77 bits per heavy atom. The van der Waals surface area contributed by atoms with Gasteiger partial charge in [0.2, 0.25) is 0 Å². The normalized spacial score (nSPS) is 18.5. The summed E-state index contributed by atoms with van der Waals surface area (Å²) in [6.45, 7) is 2.81. The Morgan fingerprint density at radius 2 is 1.90 bits per heavy atom. The van der Waals surface area contributed by atoms with E-state index in [4.69, 9.17) is 14.2 Å². The first-order valence-corrected chi connectivity index (χ1v) is 10.8. The van der Waals surface area contributed by atoms with Gasteiger partial charge in [-0.15, -0.1) is 0 Å². The Labute approximate surface area is 182 Å². The second kappa shape index (κ2) is 9.69. The van der Waals surface area contributed by atoms with Crippen LogP contribution in [-0.4, -0.2) is 31.2 Å². The van der Waals surface area contributed by atoms with E-state index in [1.807, 2.05) is 36.4 Å². The second-order valence-corrected chi connectivity index (χ2v) is 7.82. The molecule has 0 radical (unpaired) electrons. The summed E-state index contributed by atoms with van der Waals surface area (Å²) in [7, 11) is 0. The minimum absolute atomic E-state index is 0.0454. The maximum Gasteiger partial charge on any atom is 0.331 e. The second-order valence-electron chi connectivity index (χ2n) is 7.82. The molecule has 0 unspecified atom stereocenters. The van der Waals surface area contributed by atoms with Crippen molar-refractivity contribution >= 4 is 18.0 Å². The van der Waals surface area contributed by atoms with Gasteiger partial charge in [0.05, 0.1) is 19.3 Å². The van der Waals surface area contributed by atoms with E-state index in [1.54, 1.807) is 13.0 Å². The Hall–Kier alpha value is -3.28. The third-order valence-electron chi connectivity index (χ3n) is 5.53. The van der Waals surface area contributed by atoms with Crippen molar-refractivity contribution in [2.75, 3.05) is 13.2 Å². The average Bonchev–Trinajstić information content (AvgIpc) is 3.03. The molecule has 162 valence electrons. The number of benzene rings is 2. The number of aryl methyl sites for hydroxylation is 1. The predicted octanol–water partition coefficient (Wildman–Crippen LogP) is 3.99. The molecule has 0 saturated carbocycles. The molecule has 1 amide bonds. The number of hydrogen-bond donors (Lipinski definition) is 1. The Morgan fingerprint density at radius 1 is 1.10 bits per heavy atom. The van der Waals surface area contributed by atoms with Gasteiger partial charge < -0.3 is 19.5 Å². The summed E-state index contributed by atoms with van der Waals surface area (Å²) >= 11 is 0. The summed E-state index contributed by atoms with van der Waals surface area (Å²) < 4.78 is 16.6. The van der Waals surface area contributed by atoms with Crippen molar-refractivity contribution in [3.63, 3.8) is 0 Å². The molecule has 0 bridgehead atoms. The van der Waals surface area contributed by atoms with E-state index in [1.165, 1.54) is 11.6 Å². The van der Waals surface area contributed by atoms with E-state index in [2.05, 4.69) is 11.4 Å². The van der Waals surface area contributed by atoms with Gasteiger partial charge in [-0.3, -0.25) is 4.79 Å². The quantitative estimate of drug-likeness (QED) is 0.584. The van der Waals surface area contributed by atoms with E-state index < -0.39 is 12.1 Å². The minimum atomic E-state index is -0.880. The first-order chi connectivity index (χ1) is 15.1. The number of rotatable bonds is 5. The number of fused-ring (bicyclic) bond motifs is 2. The van der Waals surface area contributed by atoms with Gasteiger partial charge in [-0.2, -0.15) is 0 Å². The van der Waals surface area contributed by atoms with Crippen LogP contribution in [0.5, 0.6) is 11.5 Å². The molecule has 0 aromatic heterocycles. The van der Waals surface area contributed by atoms with Gasteiger partial charge in [-0.25, -0.2) is 4.79 Å². The van der Waals surface area contributed by atoms with E-state index in [0.29, 0.717) is 24.7 Å². The lowest BCUT2D eigenvalue weighted by Crippen LogP contribution is -2.39. The summed E-state index contributed by atoms with van der Waals surface area (Å²) in [6, 6.07) is 13.6. The SMILES string of the molecule is C[C@H](OC(=O)/C=C/c1ccc2c(c1)OCCCO2)C(=O)N[C@H]1CCCc2ccccc21. The summed E-state index contributed by atoms with van der Waals surface area (Å²) in [6.07, 6.45) is 5.84. The van der Waals surface area contributed by atoms with Crippen LogP contribution in [0.4, 0.5) is 0 Å². The fourth-order valence-electron chi connectivity index (χ4n) is 3.91. The molecule has 2 atom stereocenters. The lowest BCUT2D eigenvalue weighted by molar-refractivity contribution is -0.150. The summed E-state index contributed by atoms with van der Waals surface area (Å²) in [5.41, 5.74) is 3.20.